The van der Waals surface area contributed by atoms with Crippen LogP contribution in [0.2, 0.25) is 0 Å². The molecule has 3 heteroatoms. The summed E-state index contributed by atoms with van der Waals surface area (Å²) in [5.74, 6) is 1.80. The molecule has 0 aliphatic heterocycles. The fourth-order valence-electron chi connectivity index (χ4n) is 2.35. The average Bonchev–Trinajstić information content (AvgIpc) is 2.81. The molecule has 0 saturated heterocycles. The Kier molecular flexibility index (Phi) is 2.79. The van der Waals surface area contributed by atoms with Crippen molar-refractivity contribution >= 4 is 5.69 Å². The Balaban J connectivity index is 1.78. The van der Waals surface area contributed by atoms with Gasteiger partial charge in [-0.1, -0.05) is 0 Å². The van der Waals surface area contributed by atoms with E-state index in [-0.39, 0.29) is 5.66 Å². The van der Waals surface area contributed by atoms with Crippen LogP contribution >= 0.6 is 0 Å². The van der Waals surface area contributed by atoms with Crippen LogP contribution in [0.25, 0.3) is 16.2 Å². The van der Waals surface area contributed by atoms with Crippen molar-refractivity contribution in [1.29, 1.82) is 0 Å². The molecule has 0 spiro atoms. The third-order valence-corrected chi connectivity index (χ3v) is 3.68. The summed E-state index contributed by atoms with van der Waals surface area (Å²) < 4.78 is 5.59. The molecule has 1 aromatic carbocycles. The zero-order valence-electron chi connectivity index (χ0n) is 10.9. The first kappa shape index (κ1) is 11.9. The first-order chi connectivity index (χ1) is 9.21. The van der Waals surface area contributed by atoms with E-state index < -0.39 is 0 Å². The average molecular weight is 252 g/mol. The van der Waals surface area contributed by atoms with E-state index in [1.807, 2.05) is 43.3 Å². The van der Waals surface area contributed by atoms with Crippen LogP contribution in [-0.2, 0) is 0 Å². The van der Waals surface area contributed by atoms with Crippen LogP contribution in [0.5, 0.6) is 0 Å². The quantitative estimate of drug-likeness (QED) is 0.817. The second kappa shape index (κ2) is 4.47. The molecule has 0 atom stereocenters. The van der Waals surface area contributed by atoms with Gasteiger partial charge in [0.25, 0.3) is 0 Å². The SMILES string of the molecule is [C-]#[N+]C1(Nc2ccc(-c3ccc(C)o3)cc2)CCC1. The van der Waals surface area contributed by atoms with E-state index in [9.17, 15) is 0 Å². The first-order valence-corrected chi connectivity index (χ1v) is 6.54. The van der Waals surface area contributed by atoms with Crippen LogP contribution in [0.1, 0.15) is 25.0 Å². The largest absolute Gasteiger partial charge is 0.461 e. The summed E-state index contributed by atoms with van der Waals surface area (Å²) in [6, 6.07) is 12.0. The topological polar surface area (TPSA) is 29.5 Å². The van der Waals surface area contributed by atoms with Crippen molar-refractivity contribution in [2.75, 3.05) is 5.32 Å². The van der Waals surface area contributed by atoms with Crippen LogP contribution in [-0.4, -0.2) is 5.66 Å². The van der Waals surface area contributed by atoms with E-state index in [2.05, 4.69) is 10.2 Å². The fraction of sp³-hybridized carbons (Fsp3) is 0.312. The minimum atomic E-state index is -0.358. The van der Waals surface area contributed by atoms with Crippen LogP contribution in [0.15, 0.2) is 40.8 Å². The summed E-state index contributed by atoms with van der Waals surface area (Å²) in [6.45, 7) is 9.22. The molecular weight excluding hydrogens is 236 g/mol. The molecule has 1 aromatic heterocycles. The number of hydrogen-bond acceptors (Lipinski definition) is 2. The Morgan fingerprint density at radius 3 is 2.37 bits per heavy atom. The van der Waals surface area contributed by atoms with Gasteiger partial charge < -0.3 is 9.73 Å². The van der Waals surface area contributed by atoms with E-state index in [0.717, 1.165) is 42.0 Å². The lowest BCUT2D eigenvalue weighted by atomic mass is 9.85. The van der Waals surface area contributed by atoms with E-state index in [0.29, 0.717) is 0 Å². The molecule has 0 radical (unpaired) electrons. The summed E-state index contributed by atoms with van der Waals surface area (Å²) in [7, 11) is 0. The third kappa shape index (κ3) is 2.22. The molecule has 1 N–H and O–H groups in total. The molecule has 0 bridgehead atoms. The van der Waals surface area contributed by atoms with Crippen LogP contribution in [0, 0.1) is 13.5 Å². The zero-order valence-corrected chi connectivity index (χ0v) is 10.9. The highest BCUT2D eigenvalue weighted by molar-refractivity contribution is 5.62. The van der Waals surface area contributed by atoms with Gasteiger partial charge in [-0.15, -0.1) is 0 Å². The van der Waals surface area contributed by atoms with Gasteiger partial charge in [0.2, 0.25) is 0 Å². The number of aryl methyl sites for hydroxylation is 1. The summed E-state index contributed by atoms with van der Waals surface area (Å²) in [5.41, 5.74) is 1.70. The molecule has 0 unspecified atom stereocenters. The van der Waals surface area contributed by atoms with Gasteiger partial charge in [0.15, 0.2) is 0 Å². The predicted octanol–water partition coefficient (Wildman–Crippen LogP) is 4.47. The summed E-state index contributed by atoms with van der Waals surface area (Å²) in [6.07, 6.45) is 3.02. The number of furan rings is 1. The monoisotopic (exact) mass is 252 g/mol. The molecule has 3 rings (SSSR count). The molecule has 0 amide bonds. The number of anilines is 1. The second-order valence-corrected chi connectivity index (χ2v) is 5.11. The van der Waals surface area contributed by atoms with Gasteiger partial charge in [-0.3, -0.25) is 4.85 Å². The smallest absolute Gasteiger partial charge is 0.305 e. The van der Waals surface area contributed by atoms with E-state index in [4.69, 9.17) is 11.0 Å². The summed E-state index contributed by atoms with van der Waals surface area (Å²) in [4.78, 5) is 3.72. The Hall–Kier alpha value is -2.21. The molecule has 1 aliphatic rings. The Labute approximate surface area is 113 Å². The standard InChI is InChI=1S/C16H16N2O/c1-12-4-9-15(19-12)13-5-7-14(8-6-13)18-16(17-2)10-3-11-16/h4-9,18H,3,10-11H2,1H3. The lowest BCUT2D eigenvalue weighted by Crippen LogP contribution is -2.41. The van der Waals surface area contributed by atoms with Crippen molar-refractivity contribution in [3.8, 4) is 11.3 Å². The molecule has 96 valence electrons. The van der Waals surface area contributed by atoms with E-state index in [1.165, 1.54) is 0 Å². The Morgan fingerprint density at radius 2 is 1.89 bits per heavy atom. The fourth-order valence-corrected chi connectivity index (χ4v) is 2.35. The molecule has 1 aliphatic carbocycles. The summed E-state index contributed by atoms with van der Waals surface area (Å²) >= 11 is 0. The maximum Gasteiger partial charge on any atom is 0.305 e. The molecule has 19 heavy (non-hydrogen) atoms. The van der Waals surface area contributed by atoms with E-state index >= 15 is 0 Å². The minimum absolute atomic E-state index is 0.358. The first-order valence-electron chi connectivity index (χ1n) is 6.54. The lowest BCUT2D eigenvalue weighted by Gasteiger charge is -2.31. The maximum atomic E-state index is 7.28. The van der Waals surface area contributed by atoms with Crippen LogP contribution < -0.4 is 5.32 Å². The van der Waals surface area contributed by atoms with Crippen LogP contribution in [0.4, 0.5) is 5.69 Å². The van der Waals surface area contributed by atoms with Gasteiger partial charge in [-0.25, -0.2) is 6.57 Å². The molecule has 1 fully saturated rings. The normalized spacial score (nSPS) is 16.4. The van der Waals surface area contributed by atoms with Crippen molar-refractivity contribution < 1.29 is 4.42 Å². The van der Waals surface area contributed by atoms with Crippen LogP contribution in [0.3, 0.4) is 0 Å². The Morgan fingerprint density at radius 1 is 1.16 bits per heavy atom. The lowest BCUT2D eigenvalue weighted by molar-refractivity contribution is 0.343. The van der Waals surface area contributed by atoms with Gasteiger partial charge >= 0.3 is 5.66 Å². The number of nitrogens with zero attached hydrogens (tertiary/aromatic N) is 1. The van der Waals surface area contributed by atoms with Crippen molar-refractivity contribution in [3.05, 3.63) is 53.6 Å². The van der Waals surface area contributed by atoms with Crippen molar-refractivity contribution in [2.45, 2.75) is 31.8 Å². The molecular formula is C16H16N2O. The van der Waals surface area contributed by atoms with E-state index in [1.54, 1.807) is 0 Å². The highest BCUT2D eigenvalue weighted by Crippen LogP contribution is 2.36. The van der Waals surface area contributed by atoms with Gasteiger partial charge in [0, 0.05) is 24.1 Å². The Bertz CT molecular complexity index is 615. The van der Waals surface area contributed by atoms with Gasteiger partial charge in [0.05, 0.1) is 0 Å². The molecule has 1 heterocycles. The third-order valence-electron chi connectivity index (χ3n) is 3.68. The maximum absolute atomic E-state index is 7.28. The van der Waals surface area contributed by atoms with Gasteiger partial charge in [-0.05, 0) is 49.7 Å². The highest BCUT2D eigenvalue weighted by Gasteiger charge is 2.43. The van der Waals surface area contributed by atoms with Gasteiger partial charge in [0.1, 0.15) is 11.5 Å². The minimum Gasteiger partial charge on any atom is -0.461 e. The predicted molar refractivity (Wildman–Crippen MR) is 75.7 cm³/mol. The van der Waals surface area contributed by atoms with Crippen molar-refractivity contribution in [3.63, 3.8) is 0 Å². The van der Waals surface area contributed by atoms with Crippen molar-refractivity contribution in [2.24, 2.45) is 0 Å². The molecule has 3 nitrogen and oxygen atoms in total. The number of rotatable bonds is 3. The van der Waals surface area contributed by atoms with Crippen molar-refractivity contribution in [1.82, 2.24) is 0 Å². The van der Waals surface area contributed by atoms with Gasteiger partial charge in [-0.2, -0.15) is 0 Å². The number of nitrogens with one attached hydrogen (secondary N) is 1. The molecule has 1 saturated carbocycles. The molecule has 2 aromatic rings. The number of benzene rings is 1. The highest BCUT2D eigenvalue weighted by atomic mass is 16.3. The zero-order chi connectivity index (χ0) is 13.3. The summed E-state index contributed by atoms with van der Waals surface area (Å²) in [5, 5.41) is 3.34. The number of hydrogen-bond donors (Lipinski definition) is 1. The second-order valence-electron chi connectivity index (χ2n) is 5.11.